The summed E-state index contributed by atoms with van der Waals surface area (Å²) < 4.78 is 1.69. The fraction of sp³-hybridized carbons (Fsp3) is 0.208. The van der Waals surface area contributed by atoms with Gasteiger partial charge in [-0.1, -0.05) is 60.1 Å². The van der Waals surface area contributed by atoms with Crippen LogP contribution >= 0.6 is 11.6 Å². The highest BCUT2D eigenvalue weighted by Crippen LogP contribution is 2.37. The number of hydrogen-bond donors (Lipinski definition) is 1. The van der Waals surface area contributed by atoms with Crippen molar-refractivity contribution < 1.29 is 9.59 Å². The lowest BCUT2D eigenvalue weighted by atomic mass is 9.88. The second-order valence-corrected chi connectivity index (χ2v) is 7.83. The summed E-state index contributed by atoms with van der Waals surface area (Å²) in [5.41, 5.74) is 3.44. The van der Waals surface area contributed by atoms with Crippen LogP contribution in [-0.4, -0.2) is 16.4 Å². The minimum Gasteiger partial charge on any atom is -0.308 e. The van der Waals surface area contributed by atoms with E-state index in [1.807, 2.05) is 55.5 Å². The van der Waals surface area contributed by atoms with Crippen LogP contribution in [0.5, 0.6) is 0 Å². The number of amides is 2. The van der Waals surface area contributed by atoms with E-state index in [2.05, 4.69) is 5.32 Å². The van der Waals surface area contributed by atoms with Gasteiger partial charge in [-0.2, -0.15) is 0 Å². The summed E-state index contributed by atoms with van der Waals surface area (Å²) in [6.45, 7) is 1.98. The van der Waals surface area contributed by atoms with Gasteiger partial charge in [0.05, 0.1) is 17.0 Å². The Morgan fingerprint density at radius 2 is 1.77 bits per heavy atom. The molecule has 5 nitrogen and oxygen atoms in total. The molecule has 3 aromatic rings. The van der Waals surface area contributed by atoms with E-state index in [0.717, 1.165) is 22.3 Å². The van der Waals surface area contributed by atoms with Crippen molar-refractivity contribution >= 4 is 23.4 Å². The van der Waals surface area contributed by atoms with E-state index in [0.29, 0.717) is 17.9 Å². The number of nitrogens with zero attached hydrogens (tertiary/aromatic N) is 1. The van der Waals surface area contributed by atoms with Crippen molar-refractivity contribution in [2.45, 2.75) is 31.7 Å². The smallest absolute Gasteiger partial charge is 0.251 e. The molecule has 2 unspecified atom stereocenters. The van der Waals surface area contributed by atoms with Crippen LogP contribution in [0.3, 0.4) is 0 Å². The molecular formula is C24H21ClN2O3. The number of carbonyl (C=O) groups excluding carboxylic acids is 2. The number of hydrogen-bond acceptors (Lipinski definition) is 3. The molecule has 2 aromatic carbocycles. The summed E-state index contributed by atoms with van der Waals surface area (Å²) in [6.07, 6.45) is 2.54. The number of pyridine rings is 1. The highest BCUT2D eigenvalue weighted by atomic mass is 35.5. The monoisotopic (exact) mass is 420 g/mol. The predicted molar refractivity (Wildman–Crippen MR) is 117 cm³/mol. The average molecular weight is 421 g/mol. The first kappa shape index (κ1) is 20.1. The Kier molecular flexibility index (Phi) is 5.55. The Morgan fingerprint density at radius 3 is 2.47 bits per heavy atom. The molecule has 30 heavy (non-hydrogen) atoms. The number of carbonyl (C=O) groups is 2. The van der Waals surface area contributed by atoms with Crippen LogP contribution in [0.4, 0.5) is 0 Å². The van der Waals surface area contributed by atoms with Gasteiger partial charge in [-0.05, 0) is 36.1 Å². The maximum atomic E-state index is 12.3. The van der Waals surface area contributed by atoms with E-state index in [1.54, 1.807) is 22.9 Å². The lowest BCUT2D eigenvalue weighted by molar-refractivity contribution is -0.134. The largest absolute Gasteiger partial charge is 0.308 e. The maximum absolute atomic E-state index is 12.3. The van der Waals surface area contributed by atoms with Crippen LogP contribution in [0.2, 0.25) is 5.02 Å². The van der Waals surface area contributed by atoms with E-state index in [9.17, 15) is 14.4 Å². The molecule has 2 atom stereocenters. The van der Waals surface area contributed by atoms with Crippen LogP contribution in [0, 0.1) is 0 Å². The predicted octanol–water partition coefficient (Wildman–Crippen LogP) is 4.30. The van der Waals surface area contributed by atoms with Gasteiger partial charge >= 0.3 is 0 Å². The summed E-state index contributed by atoms with van der Waals surface area (Å²) in [7, 11) is 0. The van der Waals surface area contributed by atoms with Crippen LogP contribution in [0.15, 0.2) is 71.7 Å². The molecule has 0 saturated carbocycles. The molecule has 1 fully saturated rings. The van der Waals surface area contributed by atoms with E-state index < -0.39 is 5.92 Å². The number of nitrogens with one attached hydrogen (secondary N) is 1. The minimum absolute atomic E-state index is 0.0472. The second-order valence-electron chi connectivity index (χ2n) is 7.46. The Morgan fingerprint density at radius 1 is 1.00 bits per heavy atom. The summed E-state index contributed by atoms with van der Waals surface area (Å²) >= 11 is 6.69. The van der Waals surface area contributed by atoms with Crippen molar-refractivity contribution in [3.05, 3.63) is 93.4 Å². The molecule has 1 aliphatic rings. The van der Waals surface area contributed by atoms with Gasteiger partial charge < -0.3 is 4.57 Å². The van der Waals surface area contributed by atoms with E-state index in [4.69, 9.17) is 11.6 Å². The average Bonchev–Trinajstić information content (AvgIpc) is 2.74. The molecule has 1 aromatic heterocycles. The van der Waals surface area contributed by atoms with Crippen molar-refractivity contribution in [1.29, 1.82) is 0 Å². The summed E-state index contributed by atoms with van der Waals surface area (Å²) in [4.78, 5) is 35.8. The molecule has 4 rings (SSSR count). The maximum Gasteiger partial charge on any atom is 0.251 e. The number of rotatable bonds is 4. The molecule has 0 bridgehead atoms. The van der Waals surface area contributed by atoms with Gasteiger partial charge in [0, 0.05) is 24.2 Å². The molecule has 2 amide bonds. The van der Waals surface area contributed by atoms with Crippen molar-refractivity contribution in [2.75, 3.05) is 0 Å². The molecule has 1 aliphatic heterocycles. The third-order valence-corrected chi connectivity index (χ3v) is 6.04. The molecule has 0 spiro atoms. The standard InChI is InChI=1S/C24H21ClN2O3/c1-15(27-14-3-2-7-22(27)29)16-8-10-17(11-9-16)18-5-4-6-19(23(18)25)20-12-13-21(28)26-24(20)30/h2-11,14-15,20H,12-13H2,1H3,(H,26,28,30). The molecule has 6 heteroatoms. The first-order valence-electron chi connectivity index (χ1n) is 9.85. The molecule has 1 N–H and O–H groups in total. The van der Waals surface area contributed by atoms with Gasteiger partial charge in [0.15, 0.2) is 0 Å². The second kappa shape index (κ2) is 8.28. The summed E-state index contributed by atoms with van der Waals surface area (Å²) in [5.74, 6) is -0.979. The lowest BCUT2D eigenvalue weighted by Crippen LogP contribution is -2.39. The molecular weight excluding hydrogens is 400 g/mol. The number of aromatic nitrogens is 1. The van der Waals surface area contributed by atoms with E-state index in [1.165, 1.54) is 0 Å². The van der Waals surface area contributed by atoms with Gasteiger partial charge in [0.25, 0.3) is 5.56 Å². The quantitative estimate of drug-likeness (QED) is 0.640. The van der Waals surface area contributed by atoms with Crippen molar-refractivity contribution in [3.63, 3.8) is 0 Å². The van der Waals surface area contributed by atoms with Gasteiger partial charge in [0.1, 0.15) is 0 Å². The molecule has 152 valence electrons. The Bertz CT molecular complexity index is 1170. The lowest BCUT2D eigenvalue weighted by Gasteiger charge is -2.23. The third kappa shape index (κ3) is 3.81. The zero-order valence-corrected chi connectivity index (χ0v) is 17.2. The third-order valence-electron chi connectivity index (χ3n) is 5.62. The zero-order chi connectivity index (χ0) is 21.3. The number of benzene rings is 2. The number of imide groups is 1. The minimum atomic E-state index is -0.431. The molecule has 2 heterocycles. The molecule has 0 aliphatic carbocycles. The fourth-order valence-corrected chi connectivity index (χ4v) is 4.26. The van der Waals surface area contributed by atoms with Gasteiger partial charge in [-0.25, -0.2) is 0 Å². The highest BCUT2D eigenvalue weighted by Gasteiger charge is 2.30. The zero-order valence-electron chi connectivity index (χ0n) is 16.5. The summed E-state index contributed by atoms with van der Waals surface area (Å²) in [5, 5.41) is 2.91. The first-order valence-corrected chi connectivity index (χ1v) is 10.2. The van der Waals surface area contributed by atoms with Crippen molar-refractivity contribution in [2.24, 2.45) is 0 Å². The van der Waals surface area contributed by atoms with Crippen molar-refractivity contribution in [1.82, 2.24) is 9.88 Å². The first-order chi connectivity index (χ1) is 14.5. The highest BCUT2D eigenvalue weighted by molar-refractivity contribution is 6.34. The topological polar surface area (TPSA) is 68.2 Å². The van der Waals surface area contributed by atoms with Crippen LogP contribution < -0.4 is 10.9 Å². The van der Waals surface area contributed by atoms with Crippen LogP contribution in [0.1, 0.15) is 42.9 Å². The Hall–Kier alpha value is -3.18. The fourth-order valence-electron chi connectivity index (χ4n) is 3.89. The van der Waals surface area contributed by atoms with Crippen LogP contribution in [-0.2, 0) is 9.59 Å². The van der Waals surface area contributed by atoms with Gasteiger partial charge in [-0.3, -0.25) is 19.7 Å². The number of piperidine rings is 1. The SMILES string of the molecule is CC(c1ccc(-c2cccc(C3CCC(=O)NC3=O)c2Cl)cc1)n1ccccc1=O. The van der Waals surface area contributed by atoms with Crippen LogP contribution in [0.25, 0.3) is 11.1 Å². The van der Waals surface area contributed by atoms with E-state index in [-0.39, 0.29) is 23.4 Å². The molecule has 0 radical (unpaired) electrons. The van der Waals surface area contributed by atoms with Gasteiger partial charge in [-0.15, -0.1) is 0 Å². The molecule has 1 saturated heterocycles. The van der Waals surface area contributed by atoms with E-state index >= 15 is 0 Å². The van der Waals surface area contributed by atoms with Crippen molar-refractivity contribution in [3.8, 4) is 11.1 Å². The normalized spacial score (nSPS) is 17.5. The summed E-state index contributed by atoms with van der Waals surface area (Å²) in [6, 6.07) is 18.5. The Labute approximate surface area is 179 Å². The number of halogens is 1. The Balaban J connectivity index is 1.64. The van der Waals surface area contributed by atoms with Gasteiger partial charge in [0.2, 0.25) is 11.8 Å².